The van der Waals surface area contributed by atoms with E-state index in [1.807, 2.05) is 11.3 Å². The topological polar surface area (TPSA) is 24.5 Å². The third-order valence-electron chi connectivity index (χ3n) is 5.41. The summed E-state index contributed by atoms with van der Waals surface area (Å²) in [7, 11) is 2.21. The smallest absolute Gasteiger partial charge is 0.124 e. The van der Waals surface area contributed by atoms with E-state index in [1.54, 1.807) is 0 Å². The van der Waals surface area contributed by atoms with Crippen molar-refractivity contribution in [1.82, 2.24) is 10.2 Å². The van der Waals surface area contributed by atoms with Crippen LogP contribution in [0.25, 0.3) is 0 Å². The van der Waals surface area contributed by atoms with Crippen molar-refractivity contribution in [3.8, 4) is 5.75 Å². The number of ether oxygens (including phenoxy) is 1. The molecule has 1 saturated heterocycles. The number of thiophene rings is 1. The zero-order valence-electron chi connectivity index (χ0n) is 14.5. The maximum Gasteiger partial charge on any atom is 0.124 e. The molecule has 0 radical (unpaired) electrons. The Morgan fingerprint density at radius 3 is 2.75 bits per heavy atom. The van der Waals surface area contributed by atoms with E-state index >= 15 is 0 Å². The molecule has 2 aliphatic rings. The normalized spacial score (nSPS) is 23.0. The van der Waals surface area contributed by atoms with Gasteiger partial charge in [0.05, 0.1) is 0 Å². The van der Waals surface area contributed by atoms with Gasteiger partial charge >= 0.3 is 0 Å². The van der Waals surface area contributed by atoms with Crippen LogP contribution < -0.4 is 10.1 Å². The van der Waals surface area contributed by atoms with Gasteiger partial charge in [0.1, 0.15) is 11.4 Å². The van der Waals surface area contributed by atoms with Crippen LogP contribution in [0.1, 0.15) is 40.6 Å². The monoisotopic (exact) mass is 342 g/mol. The van der Waals surface area contributed by atoms with Gasteiger partial charge in [0.2, 0.25) is 0 Å². The predicted octanol–water partition coefficient (Wildman–Crippen LogP) is 4.13. The van der Waals surface area contributed by atoms with Gasteiger partial charge in [-0.3, -0.25) is 0 Å². The van der Waals surface area contributed by atoms with E-state index in [4.69, 9.17) is 4.74 Å². The number of nitrogens with zero attached hydrogens (tertiary/aromatic N) is 1. The van der Waals surface area contributed by atoms with Crippen LogP contribution in [-0.2, 0) is 6.54 Å². The number of benzene rings is 1. The van der Waals surface area contributed by atoms with E-state index in [2.05, 4.69) is 60.6 Å². The summed E-state index contributed by atoms with van der Waals surface area (Å²) in [4.78, 5) is 5.20. The number of nitrogens with one attached hydrogen (secondary N) is 1. The highest BCUT2D eigenvalue weighted by molar-refractivity contribution is 7.11. The van der Waals surface area contributed by atoms with Gasteiger partial charge in [-0.15, -0.1) is 11.3 Å². The van der Waals surface area contributed by atoms with Gasteiger partial charge in [0.15, 0.2) is 0 Å². The molecule has 0 bridgehead atoms. The minimum absolute atomic E-state index is 0.00387. The summed E-state index contributed by atoms with van der Waals surface area (Å²) < 4.78 is 6.53. The second kappa shape index (κ2) is 6.51. The fraction of sp³-hybridized carbons (Fsp3) is 0.500. The van der Waals surface area contributed by atoms with Gasteiger partial charge in [-0.05, 0) is 45.0 Å². The van der Waals surface area contributed by atoms with Crippen molar-refractivity contribution >= 4 is 11.3 Å². The SMILES string of the molecule is Cc1ccc(CNC2CC3(CCN(C)CC3)Oc3ccccc32)s1. The van der Waals surface area contributed by atoms with Crippen LogP contribution in [0.2, 0.25) is 0 Å². The molecule has 4 heteroatoms. The van der Waals surface area contributed by atoms with Crippen molar-refractivity contribution in [3.05, 3.63) is 51.7 Å². The first-order valence-electron chi connectivity index (χ1n) is 8.89. The van der Waals surface area contributed by atoms with E-state index in [0.29, 0.717) is 6.04 Å². The number of hydrogen-bond donors (Lipinski definition) is 1. The van der Waals surface area contributed by atoms with E-state index in [-0.39, 0.29) is 5.60 Å². The Balaban J connectivity index is 1.55. The van der Waals surface area contributed by atoms with Crippen LogP contribution in [0, 0.1) is 6.92 Å². The summed E-state index contributed by atoms with van der Waals surface area (Å²) in [6.07, 6.45) is 3.31. The van der Waals surface area contributed by atoms with Crippen molar-refractivity contribution in [2.75, 3.05) is 20.1 Å². The molecule has 0 saturated carbocycles. The fourth-order valence-corrected chi connectivity index (χ4v) is 4.78. The van der Waals surface area contributed by atoms with Crippen molar-refractivity contribution < 1.29 is 4.74 Å². The number of hydrogen-bond acceptors (Lipinski definition) is 4. The summed E-state index contributed by atoms with van der Waals surface area (Å²) in [6, 6.07) is 13.4. The van der Waals surface area contributed by atoms with Crippen LogP contribution in [0.15, 0.2) is 36.4 Å². The van der Waals surface area contributed by atoms with Crippen molar-refractivity contribution in [1.29, 1.82) is 0 Å². The molecule has 0 aliphatic carbocycles. The van der Waals surface area contributed by atoms with Gasteiger partial charge in [0.25, 0.3) is 0 Å². The molecule has 3 nitrogen and oxygen atoms in total. The van der Waals surface area contributed by atoms with Crippen LogP contribution in [0.3, 0.4) is 0 Å². The van der Waals surface area contributed by atoms with Crippen LogP contribution in [0.5, 0.6) is 5.75 Å². The number of piperidine rings is 1. The Kier molecular flexibility index (Phi) is 4.37. The zero-order chi connectivity index (χ0) is 16.6. The Morgan fingerprint density at radius 1 is 1.21 bits per heavy atom. The minimum Gasteiger partial charge on any atom is -0.487 e. The largest absolute Gasteiger partial charge is 0.487 e. The first kappa shape index (κ1) is 16.1. The molecule has 1 aromatic carbocycles. The molecule has 0 amide bonds. The van der Waals surface area contributed by atoms with E-state index in [0.717, 1.165) is 44.6 Å². The summed E-state index contributed by atoms with van der Waals surface area (Å²) in [5.74, 6) is 1.08. The molecule has 4 rings (SSSR count). The minimum atomic E-state index is 0.00387. The Bertz CT molecular complexity index is 703. The zero-order valence-corrected chi connectivity index (χ0v) is 15.4. The first-order valence-corrected chi connectivity index (χ1v) is 9.70. The average molecular weight is 343 g/mol. The lowest BCUT2D eigenvalue weighted by Crippen LogP contribution is -2.51. The predicted molar refractivity (Wildman–Crippen MR) is 99.8 cm³/mol. The molecule has 128 valence electrons. The number of aryl methyl sites for hydroxylation is 1. The Hall–Kier alpha value is -1.36. The molecular formula is C20H26N2OS. The molecule has 1 N–H and O–H groups in total. The summed E-state index contributed by atoms with van der Waals surface area (Å²) >= 11 is 1.88. The van der Waals surface area contributed by atoms with E-state index < -0.39 is 0 Å². The summed E-state index contributed by atoms with van der Waals surface area (Å²) in [5.41, 5.74) is 1.32. The standard InChI is InChI=1S/C20H26N2OS/c1-15-7-8-16(24-15)14-21-18-13-20(9-11-22(2)12-10-20)23-19-6-4-3-5-17(18)19/h3-8,18,21H,9-14H2,1-2H3. The molecule has 1 atom stereocenters. The number of likely N-dealkylation sites (tertiary alicyclic amines) is 1. The van der Waals surface area contributed by atoms with Crippen molar-refractivity contribution in [3.63, 3.8) is 0 Å². The van der Waals surface area contributed by atoms with Crippen LogP contribution in [0.4, 0.5) is 0 Å². The lowest BCUT2D eigenvalue weighted by atomic mass is 9.80. The third kappa shape index (κ3) is 3.23. The Morgan fingerprint density at radius 2 is 2.00 bits per heavy atom. The highest BCUT2D eigenvalue weighted by atomic mass is 32.1. The lowest BCUT2D eigenvalue weighted by molar-refractivity contribution is -0.0204. The molecule has 1 spiro atoms. The van der Waals surface area contributed by atoms with Gasteiger partial charge in [-0.2, -0.15) is 0 Å². The maximum atomic E-state index is 6.53. The molecule has 1 aromatic heterocycles. The van der Waals surface area contributed by atoms with Crippen LogP contribution in [-0.4, -0.2) is 30.6 Å². The van der Waals surface area contributed by atoms with Gasteiger partial charge in [-0.25, -0.2) is 0 Å². The second-order valence-electron chi connectivity index (χ2n) is 7.28. The molecular weight excluding hydrogens is 316 g/mol. The second-order valence-corrected chi connectivity index (χ2v) is 8.65. The van der Waals surface area contributed by atoms with Gasteiger partial charge in [-0.1, -0.05) is 18.2 Å². The number of rotatable bonds is 3. The van der Waals surface area contributed by atoms with Gasteiger partial charge in [0, 0.05) is 47.4 Å². The van der Waals surface area contributed by atoms with Gasteiger partial charge < -0.3 is 15.0 Å². The lowest BCUT2D eigenvalue weighted by Gasteiger charge is -2.46. The quantitative estimate of drug-likeness (QED) is 0.907. The van der Waals surface area contributed by atoms with E-state index in [9.17, 15) is 0 Å². The average Bonchev–Trinajstić information content (AvgIpc) is 3.01. The highest BCUT2D eigenvalue weighted by Crippen LogP contribution is 2.44. The molecule has 2 aliphatic heterocycles. The molecule has 2 aromatic rings. The first-order chi connectivity index (χ1) is 11.6. The molecule has 1 unspecified atom stereocenters. The maximum absolute atomic E-state index is 6.53. The summed E-state index contributed by atoms with van der Waals surface area (Å²) in [6.45, 7) is 5.36. The van der Waals surface area contributed by atoms with Crippen LogP contribution >= 0.6 is 11.3 Å². The van der Waals surface area contributed by atoms with E-state index in [1.165, 1.54) is 15.3 Å². The third-order valence-corrected chi connectivity index (χ3v) is 6.41. The van der Waals surface area contributed by atoms with Crippen molar-refractivity contribution in [2.24, 2.45) is 0 Å². The van der Waals surface area contributed by atoms with Crippen molar-refractivity contribution in [2.45, 2.75) is 44.4 Å². The summed E-state index contributed by atoms with van der Waals surface area (Å²) in [5, 5.41) is 3.81. The number of fused-ring (bicyclic) bond motifs is 1. The molecule has 3 heterocycles. The highest BCUT2D eigenvalue weighted by Gasteiger charge is 2.42. The molecule has 1 fully saturated rings. The Labute approximate surface area is 148 Å². The fourth-order valence-electron chi connectivity index (χ4n) is 3.94. The number of para-hydroxylation sites is 1. The molecule has 24 heavy (non-hydrogen) atoms.